The number of amides is 3. The lowest BCUT2D eigenvalue weighted by atomic mass is 10.00. The Labute approximate surface area is 190 Å². The summed E-state index contributed by atoms with van der Waals surface area (Å²) in [6.45, 7) is 8.30. The molecule has 0 saturated carbocycles. The highest BCUT2D eigenvalue weighted by Gasteiger charge is 2.38. The molecule has 10 heteroatoms. The molecule has 10 nitrogen and oxygen atoms in total. The van der Waals surface area contributed by atoms with Crippen LogP contribution in [0.15, 0.2) is 0 Å². The number of carboxylic acid groups (broad SMARTS) is 1. The van der Waals surface area contributed by atoms with Crippen LogP contribution in [0.4, 0.5) is 0 Å². The summed E-state index contributed by atoms with van der Waals surface area (Å²) in [6.07, 6.45) is 3.05. The quantitative estimate of drug-likeness (QED) is 0.247. The van der Waals surface area contributed by atoms with Crippen molar-refractivity contribution in [3.63, 3.8) is 0 Å². The molecule has 7 N–H and O–H groups in total. The van der Waals surface area contributed by atoms with E-state index in [0.29, 0.717) is 51.6 Å². The van der Waals surface area contributed by atoms with E-state index in [-0.39, 0.29) is 11.8 Å². The van der Waals surface area contributed by atoms with E-state index in [1.54, 1.807) is 0 Å². The largest absolute Gasteiger partial charge is 0.480 e. The van der Waals surface area contributed by atoms with Gasteiger partial charge in [-0.2, -0.15) is 0 Å². The fraction of sp³-hybridized carbons (Fsp3) is 0.818. The number of unbranched alkanes of at least 4 members (excludes halogenated alkanes) is 1. The van der Waals surface area contributed by atoms with Crippen LogP contribution in [0.5, 0.6) is 0 Å². The molecule has 3 amide bonds. The van der Waals surface area contributed by atoms with E-state index in [4.69, 9.17) is 11.5 Å². The van der Waals surface area contributed by atoms with Gasteiger partial charge < -0.3 is 32.1 Å². The second-order valence-corrected chi connectivity index (χ2v) is 9.33. The van der Waals surface area contributed by atoms with Crippen LogP contribution in [0.2, 0.25) is 0 Å². The van der Waals surface area contributed by atoms with Crippen molar-refractivity contribution < 1.29 is 24.3 Å². The van der Waals surface area contributed by atoms with E-state index in [1.165, 1.54) is 4.90 Å². The Kier molecular flexibility index (Phi) is 11.6. The van der Waals surface area contributed by atoms with Gasteiger partial charge in [-0.15, -0.1) is 0 Å². The number of carbonyl (C=O) groups is 4. The molecule has 1 aliphatic rings. The molecule has 0 aromatic rings. The highest BCUT2D eigenvalue weighted by molar-refractivity contribution is 5.94. The normalized spacial score (nSPS) is 19.0. The van der Waals surface area contributed by atoms with Gasteiger partial charge in [-0.1, -0.05) is 27.7 Å². The molecule has 32 heavy (non-hydrogen) atoms. The van der Waals surface area contributed by atoms with Crippen molar-refractivity contribution in [2.24, 2.45) is 23.3 Å². The fourth-order valence-electron chi connectivity index (χ4n) is 3.78. The zero-order valence-corrected chi connectivity index (χ0v) is 19.8. The van der Waals surface area contributed by atoms with Crippen molar-refractivity contribution in [2.45, 2.75) is 90.4 Å². The third-order valence-electron chi connectivity index (χ3n) is 5.74. The predicted octanol–water partition coefficient (Wildman–Crippen LogP) is 0.190. The van der Waals surface area contributed by atoms with Crippen LogP contribution < -0.4 is 22.1 Å². The molecule has 0 aliphatic carbocycles. The predicted molar refractivity (Wildman–Crippen MR) is 121 cm³/mol. The third-order valence-corrected chi connectivity index (χ3v) is 5.74. The first-order valence-corrected chi connectivity index (χ1v) is 11.6. The molecule has 1 fully saturated rings. The van der Waals surface area contributed by atoms with Gasteiger partial charge in [0.2, 0.25) is 17.7 Å². The number of carbonyl (C=O) groups excluding carboxylic acids is 3. The molecular weight excluding hydrogens is 414 g/mol. The Morgan fingerprint density at radius 1 is 1.03 bits per heavy atom. The summed E-state index contributed by atoms with van der Waals surface area (Å²) in [5, 5.41) is 14.9. The Balaban J connectivity index is 2.99. The van der Waals surface area contributed by atoms with Gasteiger partial charge in [0.05, 0.1) is 6.04 Å². The number of aliphatic carboxylic acids is 1. The zero-order chi connectivity index (χ0) is 24.4. The number of hydrogen-bond donors (Lipinski definition) is 5. The third kappa shape index (κ3) is 8.38. The first-order chi connectivity index (χ1) is 15.0. The van der Waals surface area contributed by atoms with Gasteiger partial charge in [0, 0.05) is 6.54 Å². The molecule has 0 aromatic carbocycles. The Hall–Kier alpha value is -2.20. The first kappa shape index (κ1) is 27.8. The number of carboxylic acids is 1. The molecule has 1 heterocycles. The lowest BCUT2D eigenvalue weighted by molar-refractivity contribution is -0.149. The number of likely N-dealkylation sites (tertiary alicyclic amines) is 1. The molecule has 0 radical (unpaired) electrons. The van der Waals surface area contributed by atoms with Crippen LogP contribution in [-0.4, -0.2) is 71.0 Å². The molecule has 0 bridgehead atoms. The second kappa shape index (κ2) is 13.4. The van der Waals surface area contributed by atoms with Crippen LogP contribution in [-0.2, 0) is 19.2 Å². The molecule has 4 unspecified atom stereocenters. The fourth-order valence-corrected chi connectivity index (χ4v) is 3.78. The Morgan fingerprint density at radius 3 is 2.19 bits per heavy atom. The van der Waals surface area contributed by atoms with Gasteiger partial charge in [0.25, 0.3) is 0 Å². The smallest absolute Gasteiger partial charge is 0.326 e. The van der Waals surface area contributed by atoms with Crippen LogP contribution in [0.25, 0.3) is 0 Å². The molecule has 4 atom stereocenters. The Bertz CT molecular complexity index is 655. The van der Waals surface area contributed by atoms with Gasteiger partial charge in [-0.25, -0.2) is 4.79 Å². The molecule has 1 aliphatic heterocycles. The molecule has 1 rings (SSSR count). The minimum atomic E-state index is -1.04. The van der Waals surface area contributed by atoms with Crippen LogP contribution >= 0.6 is 0 Å². The summed E-state index contributed by atoms with van der Waals surface area (Å²) in [7, 11) is 0. The lowest BCUT2D eigenvalue weighted by Crippen LogP contribution is -2.57. The molecular formula is C22H41N5O5. The van der Waals surface area contributed by atoms with Crippen molar-refractivity contribution in [1.29, 1.82) is 0 Å². The maximum absolute atomic E-state index is 13.2. The van der Waals surface area contributed by atoms with E-state index < -0.39 is 47.9 Å². The summed E-state index contributed by atoms with van der Waals surface area (Å²) in [5.74, 6) is -2.35. The minimum Gasteiger partial charge on any atom is -0.480 e. The Morgan fingerprint density at radius 2 is 1.66 bits per heavy atom. The van der Waals surface area contributed by atoms with Crippen molar-refractivity contribution >= 4 is 23.7 Å². The average molecular weight is 456 g/mol. The summed E-state index contributed by atoms with van der Waals surface area (Å²) in [6, 6.07) is -3.35. The minimum absolute atomic E-state index is 0.0924. The van der Waals surface area contributed by atoms with Gasteiger partial charge in [-0.05, 0) is 56.9 Å². The number of nitrogens with one attached hydrogen (secondary N) is 2. The lowest BCUT2D eigenvalue weighted by Gasteiger charge is -2.30. The van der Waals surface area contributed by atoms with Crippen LogP contribution in [0, 0.1) is 11.8 Å². The van der Waals surface area contributed by atoms with Gasteiger partial charge in [-0.3, -0.25) is 14.4 Å². The number of nitrogens with two attached hydrogens (primary N) is 2. The summed E-state index contributed by atoms with van der Waals surface area (Å²) < 4.78 is 0. The monoisotopic (exact) mass is 455 g/mol. The number of hydrogen-bond acceptors (Lipinski definition) is 6. The molecule has 184 valence electrons. The number of nitrogens with zero attached hydrogens (tertiary/aromatic N) is 1. The molecule has 0 spiro atoms. The van der Waals surface area contributed by atoms with Crippen LogP contribution in [0.3, 0.4) is 0 Å². The highest BCUT2D eigenvalue weighted by Crippen LogP contribution is 2.20. The van der Waals surface area contributed by atoms with E-state index in [9.17, 15) is 24.3 Å². The topological polar surface area (TPSA) is 168 Å². The van der Waals surface area contributed by atoms with E-state index in [0.717, 1.165) is 0 Å². The summed E-state index contributed by atoms with van der Waals surface area (Å²) in [4.78, 5) is 51.6. The highest BCUT2D eigenvalue weighted by atomic mass is 16.4. The maximum Gasteiger partial charge on any atom is 0.326 e. The van der Waals surface area contributed by atoms with Crippen molar-refractivity contribution in [3.05, 3.63) is 0 Å². The molecule has 0 aromatic heterocycles. The van der Waals surface area contributed by atoms with Gasteiger partial charge in [0.1, 0.15) is 18.1 Å². The van der Waals surface area contributed by atoms with Crippen molar-refractivity contribution in [1.82, 2.24) is 15.5 Å². The second-order valence-electron chi connectivity index (χ2n) is 9.33. The van der Waals surface area contributed by atoms with Crippen molar-refractivity contribution in [3.8, 4) is 0 Å². The molecule has 1 saturated heterocycles. The summed E-state index contributed by atoms with van der Waals surface area (Å²) in [5.41, 5.74) is 11.5. The number of rotatable bonds is 13. The first-order valence-electron chi connectivity index (χ1n) is 11.6. The van der Waals surface area contributed by atoms with Gasteiger partial charge in [0.15, 0.2) is 0 Å². The van der Waals surface area contributed by atoms with E-state index in [2.05, 4.69) is 10.6 Å². The van der Waals surface area contributed by atoms with Gasteiger partial charge >= 0.3 is 5.97 Å². The summed E-state index contributed by atoms with van der Waals surface area (Å²) >= 11 is 0. The van der Waals surface area contributed by atoms with Crippen molar-refractivity contribution in [2.75, 3.05) is 13.1 Å². The average Bonchev–Trinajstić information content (AvgIpc) is 3.21. The van der Waals surface area contributed by atoms with E-state index >= 15 is 0 Å². The SMILES string of the molecule is CC(C)CC(NC(=O)C(CCCCN)NC(=O)C(N)C(C)C)C(=O)N1CCCC1C(=O)O. The standard InChI is InChI=1S/C22H41N5O5/c1-13(2)12-16(21(30)27-11-7-9-17(27)22(31)32)26-19(28)15(8-5-6-10-23)25-20(29)18(24)14(3)4/h13-18H,5-12,23-24H2,1-4H3,(H,25,29)(H,26,28)(H,31,32). The van der Waals surface area contributed by atoms with Crippen LogP contribution in [0.1, 0.15) is 66.2 Å². The maximum atomic E-state index is 13.2. The van der Waals surface area contributed by atoms with E-state index in [1.807, 2.05) is 27.7 Å². The zero-order valence-electron chi connectivity index (χ0n) is 19.8.